The topological polar surface area (TPSA) is 127 Å². The van der Waals surface area contributed by atoms with Gasteiger partial charge in [0.05, 0.1) is 15.9 Å². The van der Waals surface area contributed by atoms with Crippen LogP contribution in [0.3, 0.4) is 0 Å². The van der Waals surface area contributed by atoms with E-state index >= 15 is 0 Å². The summed E-state index contributed by atoms with van der Waals surface area (Å²) in [6.07, 6.45) is 0. The number of hydrogen-bond acceptors (Lipinski definition) is 6. The summed E-state index contributed by atoms with van der Waals surface area (Å²) in [6, 6.07) is 5.02. The quantitative estimate of drug-likeness (QED) is 0.493. The second-order valence-electron chi connectivity index (χ2n) is 6.55. The molecule has 0 aliphatic heterocycles. The molecule has 0 aliphatic rings. The molecule has 0 saturated carbocycles. The van der Waals surface area contributed by atoms with Gasteiger partial charge >= 0.3 is 11.9 Å². The van der Waals surface area contributed by atoms with E-state index in [0.29, 0.717) is 5.39 Å². The van der Waals surface area contributed by atoms with Crippen molar-refractivity contribution in [3.63, 3.8) is 0 Å². The largest absolute Gasteiger partial charge is 0.506 e. The Labute approximate surface area is 142 Å². The number of carboxylic acids is 1. The van der Waals surface area contributed by atoms with E-state index in [0.717, 1.165) is 0 Å². The molecule has 0 saturated heterocycles. The van der Waals surface area contributed by atoms with Crippen LogP contribution in [0.5, 0.6) is 5.75 Å². The Morgan fingerprint density at radius 3 is 2.40 bits per heavy atom. The number of carbonyl (C=O) groups excluding carboxylic acids is 1. The van der Waals surface area contributed by atoms with Gasteiger partial charge in [-0.05, 0) is 38.3 Å². The van der Waals surface area contributed by atoms with Crippen LogP contribution in [0.2, 0.25) is 0 Å². The number of nitrogens with zero attached hydrogens (tertiary/aromatic N) is 1. The minimum atomic E-state index is -1.32. The Balaban J connectivity index is 2.54. The fourth-order valence-electron chi connectivity index (χ4n) is 2.21. The van der Waals surface area contributed by atoms with Crippen molar-refractivity contribution in [2.75, 3.05) is 0 Å². The van der Waals surface area contributed by atoms with Crippen LogP contribution in [0.1, 0.15) is 36.7 Å². The predicted molar refractivity (Wildman–Crippen MR) is 88.5 cm³/mol. The highest BCUT2D eigenvalue weighted by molar-refractivity contribution is 6.01. The molecule has 0 heterocycles. The van der Waals surface area contributed by atoms with Gasteiger partial charge in [-0.3, -0.25) is 14.9 Å². The number of esters is 1. The monoisotopic (exact) mass is 347 g/mol. The number of rotatable bonds is 4. The molecule has 0 aromatic heterocycles. The van der Waals surface area contributed by atoms with E-state index < -0.39 is 28.0 Å². The molecule has 2 N–H and O–H groups in total. The van der Waals surface area contributed by atoms with E-state index in [1.807, 2.05) is 0 Å². The molecule has 2 rings (SSSR count). The number of fused-ring (bicyclic) bond motifs is 1. The number of aromatic carboxylic acids is 1. The van der Waals surface area contributed by atoms with Crippen molar-refractivity contribution in [1.29, 1.82) is 0 Å². The maximum Gasteiger partial charge on any atom is 0.339 e. The number of aromatic hydroxyl groups is 1. The van der Waals surface area contributed by atoms with E-state index in [1.165, 1.54) is 24.3 Å². The van der Waals surface area contributed by atoms with Gasteiger partial charge in [-0.25, -0.2) is 4.79 Å². The molecule has 0 fully saturated rings. The highest BCUT2D eigenvalue weighted by atomic mass is 16.6. The Hall–Kier alpha value is -3.16. The third-order valence-corrected chi connectivity index (χ3v) is 3.59. The van der Waals surface area contributed by atoms with Crippen LogP contribution in [0, 0.1) is 15.5 Å². The Kier molecular flexibility index (Phi) is 4.64. The molecule has 8 nitrogen and oxygen atoms in total. The van der Waals surface area contributed by atoms with Crippen molar-refractivity contribution in [3.05, 3.63) is 45.5 Å². The van der Waals surface area contributed by atoms with Gasteiger partial charge in [-0.15, -0.1) is 0 Å². The van der Waals surface area contributed by atoms with Crippen LogP contribution in [-0.4, -0.2) is 27.1 Å². The van der Waals surface area contributed by atoms with Crippen LogP contribution in [0.4, 0.5) is 5.69 Å². The van der Waals surface area contributed by atoms with Crippen molar-refractivity contribution in [2.24, 2.45) is 5.41 Å². The number of phenols is 1. The fraction of sp³-hybridized carbons (Fsp3) is 0.294. The highest BCUT2D eigenvalue weighted by Gasteiger charge is 2.25. The molecule has 0 radical (unpaired) electrons. The van der Waals surface area contributed by atoms with E-state index in [9.17, 15) is 24.8 Å². The third-order valence-electron chi connectivity index (χ3n) is 3.59. The maximum atomic E-state index is 11.9. The summed E-state index contributed by atoms with van der Waals surface area (Å²) in [6.45, 7) is 4.58. The molecule has 2 aromatic carbocycles. The van der Waals surface area contributed by atoms with Crippen LogP contribution in [0.25, 0.3) is 10.8 Å². The summed E-state index contributed by atoms with van der Waals surface area (Å²) in [5.41, 5.74) is -1.31. The molecule has 0 atom stereocenters. The van der Waals surface area contributed by atoms with Gasteiger partial charge in [-0.1, -0.05) is 6.07 Å². The van der Waals surface area contributed by atoms with Gasteiger partial charge < -0.3 is 14.9 Å². The van der Waals surface area contributed by atoms with Crippen molar-refractivity contribution >= 4 is 28.4 Å². The fourth-order valence-corrected chi connectivity index (χ4v) is 2.21. The number of hydrogen-bond donors (Lipinski definition) is 2. The van der Waals surface area contributed by atoms with Gasteiger partial charge in [0, 0.05) is 11.5 Å². The van der Waals surface area contributed by atoms with Crippen molar-refractivity contribution in [1.82, 2.24) is 0 Å². The predicted octanol–water partition coefficient (Wildman–Crippen LogP) is 3.24. The number of ether oxygens (including phenoxy) is 1. The summed E-state index contributed by atoms with van der Waals surface area (Å²) in [7, 11) is 0. The molecular formula is C17H17NO7. The normalized spacial score (nSPS) is 11.3. The van der Waals surface area contributed by atoms with Crippen LogP contribution < -0.4 is 0 Å². The zero-order valence-corrected chi connectivity index (χ0v) is 13.9. The minimum absolute atomic E-state index is 0.0629. The van der Waals surface area contributed by atoms with E-state index in [2.05, 4.69) is 0 Å². The first-order valence-corrected chi connectivity index (χ1v) is 7.36. The van der Waals surface area contributed by atoms with Crippen LogP contribution in [-0.2, 0) is 16.1 Å². The lowest BCUT2D eigenvalue weighted by atomic mass is 9.97. The number of carbonyl (C=O) groups is 2. The lowest BCUT2D eigenvalue weighted by Gasteiger charge is -2.16. The summed E-state index contributed by atoms with van der Waals surface area (Å²) < 4.78 is 5.11. The molecule has 25 heavy (non-hydrogen) atoms. The first kappa shape index (κ1) is 18.2. The zero-order valence-electron chi connectivity index (χ0n) is 13.9. The molecule has 2 aromatic rings. The molecule has 0 amide bonds. The van der Waals surface area contributed by atoms with Gasteiger partial charge in [-0.2, -0.15) is 0 Å². The standard InChI is InChI=1S/C17H17NO7/c1-17(2,3)16(22)25-8-10-6-12-9(7-13(10)18(23)24)4-5-11(14(12)19)15(20)21/h4-7,19H,8H2,1-3H3,(H,20,21). The summed E-state index contributed by atoms with van der Waals surface area (Å²) in [5, 5.41) is 30.9. The maximum absolute atomic E-state index is 11.9. The molecule has 8 heteroatoms. The van der Waals surface area contributed by atoms with Gasteiger partial charge in [0.1, 0.15) is 17.9 Å². The minimum Gasteiger partial charge on any atom is -0.506 e. The molecular weight excluding hydrogens is 330 g/mol. The average Bonchev–Trinajstić information content (AvgIpc) is 2.50. The second-order valence-corrected chi connectivity index (χ2v) is 6.55. The third kappa shape index (κ3) is 3.68. The summed E-state index contributed by atoms with van der Waals surface area (Å²) >= 11 is 0. The van der Waals surface area contributed by atoms with E-state index in [1.54, 1.807) is 20.8 Å². The van der Waals surface area contributed by atoms with Gasteiger partial charge in [0.15, 0.2) is 0 Å². The van der Waals surface area contributed by atoms with Crippen molar-refractivity contribution in [2.45, 2.75) is 27.4 Å². The molecule has 0 bridgehead atoms. The van der Waals surface area contributed by atoms with Crippen molar-refractivity contribution in [3.8, 4) is 5.75 Å². The number of nitro benzene ring substituents is 1. The van der Waals surface area contributed by atoms with E-state index in [-0.39, 0.29) is 28.8 Å². The molecule has 0 unspecified atom stereocenters. The smallest absolute Gasteiger partial charge is 0.339 e. The number of benzene rings is 2. The Morgan fingerprint density at radius 1 is 1.24 bits per heavy atom. The molecule has 0 spiro atoms. The Bertz CT molecular complexity index is 881. The molecule has 132 valence electrons. The molecule has 0 aliphatic carbocycles. The second kappa shape index (κ2) is 6.39. The summed E-state index contributed by atoms with van der Waals surface area (Å²) in [5.74, 6) is -2.35. The van der Waals surface area contributed by atoms with Crippen LogP contribution in [0.15, 0.2) is 24.3 Å². The van der Waals surface area contributed by atoms with Crippen molar-refractivity contribution < 1.29 is 29.5 Å². The van der Waals surface area contributed by atoms with E-state index in [4.69, 9.17) is 9.84 Å². The SMILES string of the molecule is CC(C)(C)C(=O)OCc1cc2c(O)c(C(=O)O)ccc2cc1[N+](=O)[O-]. The lowest BCUT2D eigenvalue weighted by molar-refractivity contribution is -0.385. The Morgan fingerprint density at radius 2 is 1.88 bits per heavy atom. The van der Waals surface area contributed by atoms with Gasteiger partial charge in [0.25, 0.3) is 5.69 Å². The van der Waals surface area contributed by atoms with Gasteiger partial charge in [0.2, 0.25) is 0 Å². The van der Waals surface area contributed by atoms with Crippen LogP contribution >= 0.6 is 0 Å². The number of nitro groups is 1. The number of carboxylic acid groups (broad SMARTS) is 1. The summed E-state index contributed by atoms with van der Waals surface area (Å²) in [4.78, 5) is 33.6. The average molecular weight is 347 g/mol. The highest BCUT2D eigenvalue weighted by Crippen LogP contribution is 2.34. The zero-order chi connectivity index (χ0) is 18.9. The lowest BCUT2D eigenvalue weighted by Crippen LogP contribution is -2.22. The first-order chi connectivity index (χ1) is 11.5. The first-order valence-electron chi connectivity index (χ1n) is 7.36.